The van der Waals surface area contributed by atoms with Gasteiger partial charge in [-0.1, -0.05) is 22.7 Å². The summed E-state index contributed by atoms with van der Waals surface area (Å²) >= 11 is 0.890. The molecule has 0 saturated carbocycles. The van der Waals surface area contributed by atoms with E-state index in [0.717, 1.165) is 11.5 Å². The number of aryl methyl sites for hydroxylation is 1. The van der Waals surface area contributed by atoms with Crippen molar-refractivity contribution in [1.29, 1.82) is 0 Å². The van der Waals surface area contributed by atoms with E-state index in [9.17, 15) is 9.18 Å². The number of halogens is 1. The lowest BCUT2D eigenvalue weighted by atomic mass is 10.2. The lowest BCUT2D eigenvalue weighted by Crippen LogP contribution is -2.06. The van der Waals surface area contributed by atoms with Gasteiger partial charge in [0.1, 0.15) is 30.1 Å². The molecule has 0 spiro atoms. The van der Waals surface area contributed by atoms with Crippen molar-refractivity contribution in [2.45, 2.75) is 13.5 Å². The molecule has 8 heteroatoms. The number of benzene rings is 1. The minimum absolute atomic E-state index is 0.166. The van der Waals surface area contributed by atoms with Crippen molar-refractivity contribution in [2.75, 3.05) is 0 Å². The topological polar surface area (TPSA) is 78.1 Å². The summed E-state index contributed by atoms with van der Waals surface area (Å²) in [5.41, 5.74) is 0.997. The maximum absolute atomic E-state index is 13.5. The van der Waals surface area contributed by atoms with Crippen LogP contribution in [0, 0.1) is 12.7 Å². The summed E-state index contributed by atoms with van der Waals surface area (Å²) in [7, 11) is 0. The van der Waals surface area contributed by atoms with Crippen LogP contribution in [0.3, 0.4) is 0 Å². The molecule has 1 aromatic carbocycles. The molecule has 2 aromatic heterocycles. The Labute approximate surface area is 128 Å². The largest absolute Gasteiger partial charge is 0.456 e. The lowest BCUT2D eigenvalue weighted by Gasteiger charge is -2.04. The Kier molecular flexibility index (Phi) is 3.92. The second kappa shape index (κ2) is 6.02. The number of hydrogen-bond donors (Lipinski definition) is 0. The molecule has 0 aliphatic rings. The predicted molar refractivity (Wildman–Crippen MR) is 75.7 cm³/mol. The molecule has 0 amide bonds. The number of esters is 1. The van der Waals surface area contributed by atoms with E-state index in [-0.39, 0.29) is 11.5 Å². The van der Waals surface area contributed by atoms with Gasteiger partial charge in [-0.3, -0.25) is 0 Å². The molecule has 3 rings (SSSR count). The minimum Gasteiger partial charge on any atom is -0.456 e. The minimum atomic E-state index is -0.631. The lowest BCUT2D eigenvalue weighted by molar-refractivity contribution is 0.0475. The monoisotopic (exact) mass is 319 g/mol. The average molecular weight is 319 g/mol. The van der Waals surface area contributed by atoms with Crippen molar-refractivity contribution in [3.05, 3.63) is 52.7 Å². The maximum atomic E-state index is 13.5. The second-order valence-corrected chi connectivity index (χ2v) is 5.12. The fourth-order valence-electron chi connectivity index (χ4n) is 1.79. The van der Waals surface area contributed by atoms with Gasteiger partial charge in [0.05, 0.1) is 0 Å². The zero-order valence-electron chi connectivity index (χ0n) is 11.4. The molecule has 0 radical (unpaired) electrons. The molecule has 0 unspecified atom stereocenters. The molecular weight excluding hydrogens is 309 g/mol. The molecule has 0 bridgehead atoms. The fraction of sp³-hybridized carbons (Fsp3) is 0.143. The van der Waals surface area contributed by atoms with Crippen LogP contribution in [0.2, 0.25) is 0 Å². The number of nitrogens with zero attached hydrogens (tertiary/aromatic N) is 3. The third-order valence-electron chi connectivity index (χ3n) is 2.85. The normalized spacial score (nSPS) is 10.6. The first-order valence-electron chi connectivity index (χ1n) is 6.30. The van der Waals surface area contributed by atoms with Crippen molar-refractivity contribution in [3.63, 3.8) is 0 Å². The third-order valence-corrected chi connectivity index (χ3v) is 3.56. The summed E-state index contributed by atoms with van der Waals surface area (Å²) in [5.74, 6) is -0.604. The van der Waals surface area contributed by atoms with Crippen LogP contribution in [-0.4, -0.2) is 20.5 Å². The van der Waals surface area contributed by atoms with Crippen molar-refractivity contribution < 1.29 is 18.3 Å². The van der Waals surface area contributed by atoms with Crippen LogP contribution in [0.1, 0.15) is 21.1 Å². The number of hydrogen-bond acceptors (Lipinski definition) is 7. The molecule has 3 aromatic rings. The highest BCUT2D eigenvalue weighted by Gasteiger charge is 2.21. The van der Waals surface area contributed by atoms with Crippen molar-refractivity contribution in [2.24, 2.45) is 0 Å². The number of ether oxygens (including phenoxy) is 1. The Balaban J connectivity index is 1.76. The van der Waals surface area contributed by atoms with E-state index in [4.69, 9.17) is 9.15 Å². The fourth-order valence-corrected chi connectivity index (χ4v) is 2.36. The van der Waals surface area contributed by atoms with Crippen LogP contribution < -0.4 is 0 Å². The Hall–Kier alpha value is -2.61. The number of carbonyl (C=O) groups is 1. The molecule has 0 fully saturated rings. The molecule has 6 nitrogen and oxygen atoms in total. The second-order valence-electron chi connectivity index (χ2n) is 4.37. The molecule has 112 valence electrons. The number of aromatic nitrogens is 3. The molecule has 0 atom stereocenters. The zero-order valence-corrected chi connectivity index (χ0v) is 12.3. The van der Waals surface area contributed by atoms with Gasteiger partial charge in [0, 0.05) is 12.5 Å². The van der Waals surface area contributed by atoms with Gasteiger partial charge in [-0.25, -0.2) is 14.2 Å². The van der Waals surface area contributed by atoms with Gasteiger partial charge in [0.15, 0.2) is 10.8 Å². The summed E-state index contributed by atoms with van der Waals surface area (Å²) in [5, 5.41) is 3.86. The van der Waals surface area contributed by atoms with E-state index in [1.807, 2.05) is 0 Å². The smallest absolute Gasteiger partial charge is 0.352 e. The van der Waals surface area contributed by atoms with Gasteiger partial charge < -0.3 is 9.15 Å². The first-order chi connectivity index (χ1) is 10.6. The van der Waals surface area contributed by atoms with E-state index in [1.165, 1.54) is 12.3 Å². The van der Waals surface area contributed by atoms with E-state index in [2.05, 4.69) is 14.6 Å². The summed E-state index contributed by atoms with van der Waals surface area (Å²) in [4.78, 5) is 16.4. The first kappa shape index (κ1) is 14.3. The summed E-state index contributed by atoms with van der Waals surface area (Å²) in [6.45, 7) is 1.51. The predicted octanol–water partition coefficient (Wildman–Crippen LogP) is 3.00. The quantitative estimate of drug-likeness (QED) is 0.688. The standard InChI is InChI=1S/C14H10FN3O3S/c1-8-16-11(7-20-8)12-13(22-18-17-12)14(19)21-6-9-4-2-3-5-10(9)15/h2-5,7H,6H2,1H3. The van der Waals surface area contributed by atoms with E-state index in [1.54, 1.807) is 25.1 Å². The molecule has 0 saturated heterocycles. The summed E-state index contributed by atoms with van der Waals surface area (Å²) in [6.07, 6.45) is 1.39. The van der Waals surface area contributed by atoms with E-state index in [0.29, 0.717) is 22.8 Å². The van der Waals surface area contributed by atoms with Gasteiger partial charge >= 0.3 is 5.97 Å². The van der Waals surface area contributed by atoms with Gasteiger partial charge in [-0.15, -0.1) is 5.10 Å². The zero-order chi connectivity index (χ0) is 15.5. The third kappa shape index (κ3) is 2.86. The van der Waals surface area contributed by atoms with Gasteiger partial charge in [-0.2, -0.15) is 0 Å². The maximum Gasteiger partial charge on any atom is 0.352 e. The Morgan fingerprint density at radius 2 is 2.23 bits per heavy atom. The Morgan fingerprint density at radius 3 is 2.95 bits per heavy atom. The molecule has 0 aliphatic carbocycles. The van der Waals surface area contributed by atoms with Crippen LogP contribution >= 0.6 is 11.5 Å². The Bertz CT molecular complexity index is 815. The van der Waals surface area contributed by atoms with Crippen LogP contribution in [-0.2, 0) is 11.3 Å². The SMILES string of the molecule is Cc1nc(-c2nnsc2C(=O)OCc2ccccc2F)co1. The summed E-state index contributed by atoms with van der Waals surface area (Å²) in [6, 6.07) is 6.10. The highest BCUT2D eigenvalue weighted by atomic mass is 32.1. The molecular formula is C14H10FN3O3S. The van der Waals surface area contributed by atoms with Crippen molar-refractivity contribution >= 4 is 17.5 Å². The molecule has 0 N–H and O–H groups in total. The Morgan fingerprint density at radius 1 is 1.41 bits per heavy atom. The van der Waals surface area contributed by atoms with Crippen LogP contribution in [0.4, 0.5) is 4.39 Å². The van der Waals surface area contributed by atoms with Gasteiger partial charge in [0.2, 0.25) is 0 Å². The summed E-state index contributed by atoms with van der Waals surface area (Å²) < 4.78 is 27.4. The number of oxazole rings is 1. The molecule has 0 aliphatic heterocycles. The molecule has 22 heavy (non-hydrogen) atoms. The van der Waals surface area contributed by atoms with Crippen LogP contribution in [0.15, 0.2) is 34.9 Å². The molecule has 2 heterocycles. The first-order valence-corrected chi connectivity index (χ1v) is 7.08. The van der Waals surface area contributed by atoms with Crippen LogP contribution in [0.5, 0.6) is 0 Å². The van der Waals surface area contributed by atoms with Crippen molar-refractivity contribution in [3.8, 4) is 11.4 Å². The van der Waals surface area contributed by atoms with E-state index >= 15 is 0 Å². The van der Waals surface area contributed by atoms with Crippen molar-refractivity contribution in [1.82, 2.24) is 14.6 Å². The number of rotatable bonds is 4. The highest BCUT2D eigenvalue weighted by molar-refractivity contribution is 7.08. The average Bonchev–Trinajstić information content (AvgIpc) is 3.14. The van der Waals surface area contributed by atoms with E-state index < -0.39 is 11.8 Å². The van der Waals surface area contributed by atoms with Gasteiger partial charge in [0.25, 0.3) is 0 Å². The highest BCUT2D eigenvalue weighted by Crippen LogP contribution is 2.24. The van der Waals surface area contributed by atoms with Gasteiger partial charge in [-0.05, 0) is 17.6 Å². The number of carbonyl (C=O) groups excluding carboxylic acids is 1. The van der Waals surface area contributed by atoms with Crippen LogP contribution in [0.25, 0.3) is 11.4 Å².